The lowest BCUT2D eigenvalue weighted by molar-refractivity contribution is -0.136. The van der Waals surface area contributed by atoms with Gasteiger partial charge in [-0.1, -0.05) is 24.3 Å². The van der Waals surface area contributed by atoms with Gasteiger partial charge >= 0.3 is 5.97 Å². The van der Waals surface area contributed by atoms with Crippen molar-refractivity contribution in [3.63, 3.8) is 0 Å². The van der Waals surface area contributed by atoms with Gasteiger partial charge < -0.3 is 10.4 Å². The molecule has 0 atom stereocenters. The molecule has 98 valence electrons. The van der Waals surface area contributed by atoms with Crippen LogP contribution < -0.4 is 5.32 Å². The highest BCUT2D eigenvalue weighted by atomic mass is 127. The quantitative estimate of drug-likeness (QED) is 0.795. The predicted molar refractivity (Wildman–Crippen MR) is 84.3 cm³/mol. The third-order valence-electron chi connectivity index (χ3n) is 2.72. The van der Waals surface area contributed by atoms with Crippen LogP contribution in [0.1, 0.15) is 11.1 Å². The third-order valence-corrected chi connectivity index (χ3v) is 3.44. The summed E-state index contributed by atoms with van der Waals surface area (Å²) in [6.07, 6.45) is 0.0742. The van der Waals surface area contributed by atoms with Crippen molar-refractivity contribution in [2.75, 3.05) is 5.32 Å². The van der Waals surface area contributed by atoms with Crippen molar-refractivity contribution >= 4 is 34.2 Å². The number of aliphatic carboxylic acids is 1. The van der Waals surface area contributed by atoms with Gasteiger partial charge in [-0.05, 0) is 58.0 Å². The average molecular weight is 367 g/mol. The monoisotopic (exact) mass is 367 g/mol. The van der Waals surface area contributed by atoms with E-state index in [0.29, 0.717) is 0 Å². The van der Waals surface area contributed by atoms with Gasteiger partial charge in [0, 0.05) is 15.8 Å². The molecule has 0 bridgehead atoms. The van der Waals surface area contributed by atoms with E-state index in [-0.39, 0.29) is 6.42 Å². The number of carboxylic acid groups (broad SMARTS) is 1. The summed E-state index contributed by atoms with van der Waals surface area (Å²) in [7, 11) is 0. The molecule has 0 amide bonds. The fourth-order valence-corrected chi connectivity index (χ4v) is 2.08. The second kappa shape index (κ2) is 6.56. The zero-order valence-electron chi connectivity index (χ0n) is 10.3. The number of carboxylic acids is 1. The molecule has 0 spiro atoms. The lowest BCUT2D eigenvalue weighted by atomic mass is 10.1. The van der Waals surface area contributed by atoms with Gasteiger partial charge in [0.25, 0.3) is 0 Å². The summed E-state index contributed by atoms with van der Waals surface area (Å²) >= 11 is 2.27. The lowest BCUT2D eigenvalue weighted by Crippen LogP contribution is -2.02. The minimum Gasteiger partial charge on any atom is -0.481 e. The van der Waals surface area contributed by atoms with Crippen LogP contribution in [0.2, 0.25) is 0 Å². The molecular weight excluding hydrogens is 353 g/mol. The average Bonchev–Trinajstić information content (AvgIpc) is 2.39. The van der Waals surface area contributed by atoms with Crippen LogP contribution in [-0.2, 0) is 17.8 Å². The maximum absolute atomic E-state index is 10.6. The van der Waals surface area contributed by atoms with Crippen molar-refractivity contribution in [3.05, 3.63) is 63.2 Å². The predicted octanol–water partition coefficient (Wildman–Crippen LogP) is 3.53. The van der Waals surface area contributed by atoms with Crippen LogP contribution in [0.5, 0.6) is 0 Å². The van der Waals surface area contributed by atoms with Crippen molar-refractivity contribution in [2.45, 2.75) is 13.0 Å². The maximum Gasteiger partial charge on any atom is 0.307 e. The van der Waals surface area contributed by atoms with Crippen molar-refractivity contribution in [2.24, 2.45) is 0 Å². The first-order valence-electron chi connectivity index (χ1n) is 5.92. The van der Waals surface area contributed by atoms with E-state index in [9.17, 15) is 4.79 Å². The van der Waals surface area contributed by atoms with Crippen LogP contribution in [0.15, 0.2) is 48.5 Å². The number of benzene rings is 2. The topological polar surface area (TPSA) is 49.3 Å². The molecule has 0 aliphatic carbocycles. The fraction of sp³-hybridized carbons (Fsp3) is 0.133. The second-order valence-corrected chi connectivity index (χ2v) is 5.49. The first-order valence-corrected chi connectivity index (χ1v) is 7.00. The number of hydrogen-bond donors (Lipinski definition) is 2. The van der Waals surface area contributed by atoms with Crippen LogP contribution in [0.4, 0.5) is 5.69 Å². The maximum atomic E-state index is 10.6. The molecule has 0 heterocycles. The van der Waals surface area contributed by atoms with Gasteiger partial charge in [-0.15, -0.1) is 0 Å². The number of carbonyl (C=O) groups is 1. The molecule has 0 saturated carbocycles. The Kier molecular flexibility index (Phi) is 4.79. The van der Waals surface area contributed by atoms with E-state index < -0.39 is 5.97 Å². The Balaban J connectivity index is 1.92. The number of halogens is 1. The Bertz CT molecular complexity index is 549. The molecule has 19 heavy (non-hydrogen) atoms. The van der Waals surface area contributed by atoms with E-state index in [1.165, 1.54) is 3.57 Å². The fourth-order valence-electron chi connectivity index (χ4n) is 1.72. The number of nitrogens with one attached hydrogen (secondary N) is 1. The van der Waals surface area contributed by atoms with Gasteiger partial charge in [-0.2, -0.15) is 0 Å². The Hall–Kier alpha value is -1.56. The van der Waals surface area contributed by atoms with E-state index in [1.54, 1.807) is 0 Å². The Labute approximate surface area is 125 Å². The van der Waals surface area contributed by atoms with Crippen LogP contribution >= 0.6 is 22.6 Å². The molecule has 0 radical (unpaired) electrons. The minimum atomic E-state index is -0.801. The lowest BCUT2D eigenvalue weighted by Gasteiger charge is -2.07. The number of anilines is 1. The SMILES string of the molecule is O=C(O)Cc1ccc(CNc2ccc(I)cc2)cc1. The van der Waals surface area contributed by atoms with Crippen molar-refractivity contribution in [3.8, 4) is 0 Å². The molecule has 0 fully saturated rings. The Morgan fingerprint density at radius 2 is 1.58 bits per heavy atom. The van der Waals surface area contributed by atoms with Gasteiger partial charge in [0.15, 0.2) is 0 Å². The Morgan fingerprint density at radius 3 is 2.16 bits per heavy atom. The van der Waals surface area contributed by atoms with Crippen molar-refractivity contribution in [1.29, 1.82) is 0 Å². The summed E-state index contributed by atoms with van der Waals surface area (Å²) in [5.41, 5.74) is 3.04. The van der Waals surface area contributed by atoms with Crippen LogP contribution in [0, 0.1) is 3.57 Å². The summed E-state index contributed by atoms with van der Waals surface area (Å²) in [5, 5.41) is 12.0. The first kappa shape index (κ1) is 13.9. The normalized spacial score (nSPS) is 10.2. The van der Waals surface area contributed by atoms with E-state index in [2.05, 4.69) is 40.0 Å². The zero-order chi connectivity index (χ0) is 13.7. The molecule has 0 saturated heterocycles. The second-order valence-electron chi connectivity index (χ2n) is 4.25. The molecule has 4 heteroatoms. The van der Waals surface area contributed by atoms with Gasteiger partial charge in [-0.3, -0.25) is 4.79 Å². The summed E-state index contributed by atoms with van der Waals surface area (Å²) < 4.78 is 1.21. The molecule has 0 aliphatic heterocycles. The largest absolute Gasteiger partial charge is 0.481 e. The molecule has 0 aliphatic rings. The standard InChI is InChI=1S/C15H14INO2/c16-13-5-7-14(8-6-13)17-10-12-3-1-11(2-4-12)9-15(18)19/h1-8,17H,9-10H2,(H,18,19). The summed E-state index contributed by atoms with van der Waals surface area (Å²) in [5.74, 6) is -0.801. The van der Waals surface area contributed by atoms with E-state index in [0.717, 1.165) is 23.4 Å². The molecule has 0 unspecified atom stereocenters. The van der Waals surface area contributed by atoms with E-state index in [1.807, 2.05) is 36.4 Å². The highest BCUT2D eigenvalue weighted by Gasteiger charge is 2.00. The molecule has 2 aromatic carbocycles. The smallest absolute Gasteiger partial charge is 0.307 e. The molecule has 3 nitrogen and oxygen atoms in total. The highest BCUT2D eigenvalue weighted by Crippen LogP contribution is 2.13. The van der Waals surface area contributed by atoms with Gasteiger partial charge in [0.05, 0.1) is 6.42 Å². The van der Waals surface area contributed by atoms with Crippen LogP contribution in [0.3, 0.4) is 0 Å². The van der Waals surface area contributed by atoms with Gasteiger partial charge in [0.1, 0.15) is 0 Å². The first-order chi connectivity index (χ1) is 9.13. The van der Waals surface area contributed by atoms with Gasteiger partial charge in [0.2, 0.25) is 0 Å². The third kappa shape index (κ3) is 4.55. The molecule has 2 aromatic rings. The number of rotatable bonds is 5. The van der Waals surface area contributed by atoms with Crippen molar-refractivity contribution < 1.29 is 9.90 Å². The van der Waals surface area contributed by atoms with Gasteiger partial charge in [-0.25, -0.2) is 0 Å². The van der Waals surface area contributed by atoms with Crippen LogP contribution in [-0.4, -0.2) is 11.1 Å². The highest BCUT2D eigenvalue weighted by molar-refractivity contribution is 14.1. The minimum absolute atomic E-state index is 0.0742. The number of hydrogen-bond acceptors (Lipinski definition) is 2. The summed E-state index contributed by atoms with van der Waals surface area (Å²) in [4.78, 5) is 10.6. The Morgan fingerprint density at radius 1 is 1.00 bits per heavy atom. The molecule has 2 N–H and O–H groups in total. The molecular formula is C15H14INO2. The van der Waals surface area contributed by atoms with Crippen molar-refractivity contribution in [1.82, 2.24) is 0 Å². The molecule has 2 rings (SSSR count). The summed E-state index contributed by atoms with van der Waals surface area (Å²) in [6.45, 7) is 0.730. The zero-order valence-corrected chi connectivity index (χ0v) is 12.4. The van der Waals surface area contributed by atoms with E-state index in [4.69, 9.17) is 5.11 Å². The van der Waals surface area contributed by atoms with Crippen LogP contribution in [0.25, 0.3) is 0 Å². The van der Waals surface area contributed by atoms with E-state index >= 15 is 0 Å². The molecule has 0 aromatic heterocycles. The summed E-state index contributed by atoms with van der Waals surface area (Å²) in [6, 6.07) is 15.8.